The molecule has 0 aliphatic heterocycles. The Morgan fingerprint density at radius 3 is 1.71 bits per heavy atom. The van der Waals surface area contributed by atoms with E-state index in [2.05, 4.69) is 0 Å². The van der Waals surface area contributed by atoms with E-state index in [-0.39, 0.29) is 11.3 Å². The van der Waals surface area contributed by atoms with Gasteiger partial charge < -0.3 is 10.2 Å². The topological polar surface area (TPSA) is 101 Å². The van der Waals surface area contributed by atoms with Gasteiger partial charge in [-0.15, -0.1) is 0 Å². The number of benzene rings is 1. The zero-order chi connectivity index (χ0) is 16.8. The molecule has 0 fully saturated rings. The Kier molecular flexibility index (Phi) is 7.01. The summed E-state index contributed by atoms with van der Waals surface area (Å²) in [5.74, 6) is -0.403. The normalized spacial score (nSPS) is 11.0. The van der Waals surface area contributed by atoms with E-state index in [1.807, 2.05) is 34.6 Å². The van der Waals surface area contributed by atoms with Gasteiger partial charge in [-0.1, -0.05) is 27.7 Å². The maximum atomic E-state index is 10.3. The molecule has 1 rings (SSSR count). The Morgan fingerprint density at radius 1 is 1.14 bits per heavy atom. The van der Waals surface area contributed by atoms with E-state index in [0.717, 1.165) is 12.1 Å². The third kappa shape index (κ3) is 5.91. The van der Waals surface area contributed by atoms with Crippen molar-refractivity contribution in [2.75, 3.05) is 0 Å². The molecule has 0 heterocycles. The fourth-order valence-corrected chi connectivity index (χ4v) is 1.39. The Labute approximate surface area is 124 Å². The van der Waals surface area contributed by atoms with Crippen LogP contribution in [-0.4, -0.2) is 26.7 Å². The van der Waals surface area contributed by atoms with Gasteiger partial charge in [0.05, 0.1) is 16.1 Å². The van der Waals surface area contributed by atoms with Gasteiger partial charge in [-0.2, -0.15) is 0 Å². The number of non-ortho nitro benzene ring substituents is 1. The molecule has 0 bridgehead atoms. The molecule has 2 N–H and O–H groups in total. The quantitative estimate of drug-likeness (QED) is 0.655. The van der Waals surface area contributed by atoms with Crippen molar-refractivity contribution < 1.29 is 19.9 Å². The summed E-state index contributed by atoms with van der Waals surface area (Å²) in [6.07, 6.45) is 0. The van der Waals surface area contributed by atoms with Crippen molar-refractivity contribution >= 4 is 11.7 Å². The molecule has 0 aliphatic rings. The molecule has 118 valence electrons. The van der Waals surface area contributed by atoms with Crippen molar-refractivity contribution in [2.45, 2.75) is 40.2 Å². The monoisotopic (exact) mass is 297 g/mol. The SMILES string of the molecule is CC(C)C(C)(O)C(C)C.O=C(O)c1ccc([N+](=O)[O-])cc1. The summed E-state index contributed by atoms with van der Waals surface area (Å²) in [5.41, 5.74) is -0.569. The molecule has 21 heavy (non-hydrogen) atoms. The average Bonchev–Trinajstić information content (AvgIpc) is 2.39. The summed E-state index contributed by atoms with van der Waals surface area (Å²) in [6, 6.07) is 4.70. The molecule has 0 unspecified atom stereocenters. The Bertz CT molecular complexity index is 434. The number of nitrogens with zero attached hydrogens (tertiary/aromatic N) is 1. The van der Waals surface area contributed by atoms with Crippen LogP contribution in [0.1, 0.15) is 45.0 Å². The number of hydrogen-bond acceptors (Lipinski definition) is 4. The fourth-order valence-electron chi connectivity index (χ4n) is 1.39. The molecule has 0 radical (unpaired) electrons. The number of carboxylic acid groups (broad SMARTS) is 1. The standard InChI is InChI=1S/C8H18O.C7H5NO4/c1-6(2)8(5,9)7(3)4;9-7(10)5-1-3-6(4-2-5)8(11)12/h6-7,9H,1-5H3;1-4H,(H,9,10). The molecule has 0 aromatic heterocycles. The van der Waals surface area contributed by atoms with Gasteiger partial charge in [0.25, 0.3) is 5.69 Å². The van der Waals surface area contributed by atoms with Crippen molar-refractivity contribution in [2.24, 2.45) is 11.8 Å². The Balaban J connectivity index is 0.000000400. The van der Waals surface area contributed by atoms with Gasteiger partial charge in [-0.3, -0.25) is 10.1 Å². The van der Waals surface area contributed by atoms with Gasteiger partial charge >= 0.3 is 5.97 Å². The Morgan fingerprint density at radius 2 is 1.52 bits per heavy atom. The highest BCUT2D eigenvalue weighted by Crippen LogP contribution is 2.24. The van der Waals surface area contributed by atoms with E-state index < -0.39 is 16.5 Å². The van der Waals surface area contributed by atoms with E-state index in [9.17, 15) is 20.0 Å². The number of carbonyl (C=O) groups is 1. The first-order valence-corrected chi connectivity index (χ1v) is 6.70. The van der Waals surface area contributed by atoms with Crippen LogP contribution in [0.15, 0.2) is 24.3 Å². The first kappa shape index (κ1) is 19.1. The summed E-state index contributed by atoms with van der Waals surface area (Å²) in [6.45, 7) is 10.1. The van der Waals surface area contributed by atoms with Gasteiger partial charge in [-0.25, -0.2) is 4.79 Å². The van der Waals surface area contributed by atoms with Crippen LogP contribution < -0.4 is 0 Å². The van der Waals surface area contributed by atoms with Crippen molar-refractivity contribution in [3.63, 3.8) is 0 Å². The molecule has 0 atom stereocenters. The lowest BCUT2D eigenvalue weighted by Gasteiger charge is -2.31. The molecular formula is C15H23NO5. The third-order valence-electron chi connectivity index (χ3n) is 3.66. The molecule has 0 saturated heterocycles. The number of nitro groups is 1. The van der Waals surface area contributed by atoms with Crippen LogP contribution in [0.25, 0.3) is 0 Å². The number of rotatable bonds is 4. The highest BCUT2D eigenvalue weighted by molar-refractivity contribution is 5.87. The lowest BCUT2D eigenvalue weighted by Crippen LogP contribution is -2.36. The molecule has 6 heteroatoms. The van der Waals surface area contributed by atoms with E-state index in [4.69, 9.17) is 5.11 Å². The second-order valence-corrected chi connectivity index (χ2v) is 5.64. The van der Waals surface area contributed by atoms with Crippen LogP contribution in [0.4, 0.5) is 5.69 Å². The maximum Gasteiger partial charge on any atom is 0.335 e. The highest BCUT2D eigenvalue weighted by Gasteiger charge is 2.28. The van der Waals surface area contributed by atoms with Crippen LogP contribution in [0.5, 0.6) is 0 Å². The van der Waals surface area contributed by atoms with Crippen molar-refractivity contribution in [1.29, 1.82) is 0 Å². The summed E-state index contributed by atoms with van der Waals surface area (Å²) in [7, 11) is 0. The van der Waals surface area contributed by atoms with Gasteiger partial charge in [0.15, 0.2) is 0 Å². The predicted octanol–water partition coefficient (Wildman–Crippen LogP) is 3.34. The molecular weight excluding hydrogens is 274 g/mol. The van der Waals surface area contributed by atoms with E-state index >= 15 is 0 Å². The zero-order valence-electron chi connectivity index (χ0n) is 13.0. The van der Waals surface area contributed by atoms with Crippen molar-refractivity contribution in [3.05, 3.63) is 39.9 Å². The lowest BCUT2D eigenvalue weighted by atomic mass is 9.82. The molecule has 1 aromatic rings. The van der Waals surface area contributed by atoms with Crippen molar-refractivity contribution in [1.82, 2.24) is 0 Å². The lowest BCUT2D eigenvalue weighted by molar-refractivity contribution is -0.384. The summed E-state index contributed by atoms with van der Waals surface area (Å²) in [5, 5.41) is 28.3. The minimum atomic E-state index is -1.09. The van der Waals surface area contributed by atoms with E-state index in [1.54, 1.807) is 0 Å². The third-order valence-corrected chi connectivity index (χ3v) is 3.66. The fraction of sp³-hybridized carbons (Fsp3) is 0.533. The average molecular weight is 297 g/mol. The van der Waals surface area contributed by atoms with Crippen LogP contribution >= 0.6 is 0 Å². The summed E-state index contributed by atoms with van der Waals surface area (Å²) < 4.78 is 0. The summed E-state index contributed by atoms with van der Waals surface area (Å²) >= 11 is 0. The van der Waals surface area contributed by atoms with Crippen LogP contribution in [0, 0.1) is 22.0 Å². The van der Waals surface area contributed by atoms with E-state index in [1.165, 1.54) is 12.1 Å². The summed E-state index contributed by atoms with van der Waals surface area (Å²) in [4.78, 5) is 19.9. The molecule has 1 aromatic carbocycles. The molecule has 0 spiro atoms. The second-order valence-electron chi connectivity index (χ2n) is 5.64. The molecule has 0 amide bonds. The number of nitro benzene ring substituents is 1. The van der Waals surface area contributed by atoms with Gasteiger partial charge in [0.2, 0.25) is 0 Å². The largest absolute Gasteiger partial charge is 0.478 e. The number of aliphatic hydroxyl groups is 1. The van der Waals surface area contributed by atoms with Crippen LogP contribution in [-0.2, 0) is 0 Å². The number of aromatic carboxylic acids is 1. The molecule has 0 aliphatic carbocycles. The zero-order valence-corrected chi connectivity index (χ0v) is 13.0. The predicted molar refractivity (Wildman–Crippen MR) is 80.4 cm³/mol. The number of carboxylic acids is 1. The number of hydrogen-bond donors (Lipinski definition) is 2. The maximum absolute atomic E-state index is 10.3. The van der Waals surface area contributed by atoms with Gasteiger partial charge in [-0.05, 0) is 30.9 Å². The van der Waals surface area contributed by atoms with Gasteiger partial charge in [0.1, 0.15) is 0 Å². The molecule has 0 saturated carbocycles. The van der Waals surface area contributed by atoms with E-state index in [0.29, 0.717) is 11.8 Å². The smallest absolute Gasteiger partial charge is 0.335 e. The first-order chi connectivity index (χ1) is 9.50. The van der Waals surface area contributed by atoms with Crippen LogP contribution in [0.2, 0.25) is 0 Å². The second kappa shape index (κ2) is 7.73. The van der Waals surface area contributed by atoms with Gasteiger partial charge in [0, 0.05) is 12.1 Å². The van der Waals surface area contributed by atoms with Crippen molar-refractivity contribution in [3.8, 4) is 0 Å². The Hall–Kier alpha value is -1.95. The highest BCUT2D eigenvalue weighted by atomic mass is 16.6. The minimum absolute atomic E-state index is 0.0422. The van der Waals surface area contributed by atoms with Crippen LogP contribution in [0.3, 0.4) is 0 Å². The molecule has 6 nitrogen and oxygen atoms in total. The minimum Gasteiger partial charge on any atom is -0.478 e. The first-order valence-electron chi connectivity index (χ1n) is 6.70.